The third-order valence-corrected chi connectivity index (χ3v) is 4.13. The molecule has 0 saturated heterocycles. The van der Waals surface area contributed by atoms with E-state index in [0.717, 1.165) is 16.8 Å². The fraction of sp³-hybridized carbons (Fsp3) is 0.211. The van der Waals surface area contributed by atoms with Gasteiger partial charge in [-0.15, -0.1) is 0 Å². The molecule has 0 atom stereocenters. The van der Waals surface area contributed by atoms with Crippen LogP contribution in [0.15, 0.2) is 36.4 Å². The Bertz CT molecular complexity index is 924. The van der Waals surface area contributed by atoms with E-state index >= 15 is 0 Å². The van der Waals surface area contributed by atoms with Gasteiger partial charge in [0.1, 0.15) is 0 Å². The molecule has 0 radical (unpaired) electrons. The lowest BCUT2D eigenvalue weighted by Gasteiger charge is -2.10. The van der Waals surface area contributed by atoms with Crippen LogP contribution in [-0.2, 0) is 7.05 Å². The van der Waals surface area contributed by atoms with Crippen LogP contribution in [-0.4, -0.2) is 41.3 Å². The first-order valence-corrected chi connectivity index (χ1v) is 7.85. The second-order valence-corrected chi connectivity index (χ2v) is 5.65. The molecule has 0 aliphatic rings. The number of benzene rings is 2. The average molecular weight is 356 g/mol. The number of nitrogens with zero attached hydrogens (tertiary/aromatic N) is 2. The molecule has 7 nitrogen and oxygen atoms in total. The van der Waals surface area contributed by atoms with Crippen molar-refractivity contribution in [3.63, 3.8) is 0 Å². The number of methoxy groups -OCH3 is 3. The molecule has 7 heteroatoms. The first kappa shape index (κ1) is 17.5. The summed E-state index contributed by atoms with van der Waals surface area (Å²) >= 11 is 0. The molecule has 26 heavy (non-hydrogen) atoms. The SMILES string of the molecule is COc1cc(-c2cc(-c3cc(OC)c(O)c(OC)c3)nn2C)ccc1O. The maximum Gasteiger partial charge on any atom is 0.200 e. The predicted molar refractivity (Wildman–Crippen MR) is 97.1 cm³/mol. The highest BCUT2D eigenvalue weighted by atomic mass is 16.5. The molecular weight excluding hydrogens is 336 g/mol. The fourth-order valence-corrected chi connectivity index (χ4v) is 2.76. The summed E-state index contributed by atoms with van der Waals surface area (Å²) in [5.74, 6) is 1.01. The third-order valence-electron chi connectivity index (χ3n) is 4.13. The van der Waals surface area contributed by atoms with Crippen LogP contribution in [0.5, 0.6) is 28.7 Å². The maximum atomic E-state index is 10.1. The molecule has 0 amide bonds. The molecule has 0 spiro atoms. The van der Waals surface area contributed by atoms with Crippen LogP contribution < -0.4 is 14.2 Å². The lowest BCUT2D eigenvalue weighted by molar-refractivity contribution is 0.340. The summed E-state index contributed by atoms with van der Waals surface area (Å²) in [5.41, 5.74) is 3.11. The standard InChI is InChI=1S/C19H20N2O5/c1-21-14(11-5-6-15(22)16(7-11)24-2)10-13(20-21)12-8-17(25-3)19(23)18(9-12)26-4/h5-10,22-23H,1-4H3. The van der Waals surface area contributed by atoms with E-state index in [4.69, 9.17) is 14.2 Å². The average Bonchev–Trinajstić information content (AvgIpc) is 3.04. The molecular formula is C19H20N2O5. The summed E-state index contributed by atoms with van der Waals surface area (Å²) in [6.07, 6.45) is 0. The Morgan fingerprint density at radius 3 is 1.96 bits per heavy atom. The highest BCUT2D eigenvalue weighted by Gasteiger charge is 2.16. The minimum Gasteiger partial charge on any atom is -0.504 e. The first-order valence-electron chi connectivity index (χ1n) is 7.85. The summed E-state index contributed by atoms with van der Waals surface area (Å²) in [4.78, 5) is 0. The van der Waals surface area contributed by atoms with Crippen molar-refractivity contribution >= 4 is 0 Å². The van der Waals surface area contributed by atoms with Crippen molar-refractivity contribution in [3.05, 3.63) is 36.4 Å². The second kappa shape index (κ2) is 6.87. The van der Waals surface area contributed by atoms with Gasteiger partial charge in [-0.05, 0) is 36.4 Å². The number of aromatic hydroxyl groups is 2. The van der Waals surface area contributed by atoms with Gasteiger partial charge < -0.3 is 24.4 Å². The third kappa shape index (κ3) is 2.99. The van der Waals surface area contributed by atoms with Crippen molar-refractivity contribution in [1.82, 2.24) is 9.78 Å². The largest absolute Gasteiger partial charge is 0.504 e. The number of rotatable bonds is 5. The fourth-order valence-electron chi connectivity index (χ4n) is 2.76. The molecule has 3 aromatic rings. The monoisotopic (exact) mass is 356 g/mol. The Hall–Kier alpha value is -3.35. The van der Waals surface area contributed by atoms with E-state index in [1.807, 2.05) is 13.1 Å². The lowest BCUT2D eigenvalue weighted by atomic mass is 10.1. The highest BCUT2D eigenvalue weighted by Crippen LogP contribution is 2.41. The smallest absolute Gasteiger partial charge is 0.200 e. The Kier molecular flexibility index (Phi) is 4.62. The Morgan fingerprint density at radius 1 is 0.808 bits per heavy atom. The van der Waals surface area contributed by atoms with Gasteiger partial charge >= 0.3 is 0 Å². The van der Waals surface area contributed by atoms with Crippen molar-refractivity contribution in [3.8, 4) is 51.3 Å². The van der Waals surface area contributed by atoms with Crippen LogP contribution in [0.3, 0.4) is 0 Å². The van der Waals surface area contributed by atoms with E-state index < -0.39 is 0 Å². The molecule has 0 unspecified atom stereocenters. The van der Waals surface area contributed by atoms with Gasteiger partial charge in [0.15, 0.2) is 23.0 Å². The van der Waals surface area contributed by atoms with Crippen LogP contribution >= 0.6 is 0 Å². The van der Waals surface area contributed by atoms with Crippen LogP contribution in [0.2, 0.25) is 0 Å². The van der Waals surface area contributed by atoms with Gasteiger partial charge in [0, 0.05) is 18.2 Å². The maximum absolute atomic E-state index is 10.1. The Morgan fingerprint density at radius 2 is 1.38 bits per heavy atom. The predicted octanol–water partition coefficient (Wildman–Crippen LogP) is 3.19. The molecule has 0 aliphatic carbocycles. The zero-order chi connectivity index (χ0) is 18.8. The summed E-state index contributed by atoms with van der Waals surface area (Å²) in [6, 6.07) is 10.4. The zero-order valence-corrected chi connectivity index (χ0v) is 15.0. The Balaban J connectivity index is 2.09. The van der Waals surface area contributed by atoms with Crippen molar-refractivity contribution < 1.29 is 24.4 Å². The van der Waals surface area contributed by atoms with Crippen molar-refractivity contribution in [2.24, 2.45) is 7.05 Å². The highest BCUT2D eigenvalue weighted by molar-refractivity contribution is 5.73. The number of aromatic nitrogens is 2. The van der Waals surface area contributed by atoms with Crippen molar-refractivity contribution in [1.29, 1.82) is 0 Å². The van der Waals surface area contributed by atoms with Gasteiger partial charge in [-0.2, -0.15) is 5.10 Å². The van der Waals surface area contributed by atoms with Gasteiger partial charge in [-0.1, -0.05) is 0 Å². The summed E-state index contributed by atoms with van der Waals surface area (Å²) in [6.45, 7) is 0. The minimum absolute atomic E-state index is 0.0572. The van der Waals surface area contributed by atoms with Gasteiger partial charge in [-0.25, -0.2) is 0 Å². The molecule has 0 bridgehead atoms. The molecule has 0 aliphatic heterocycles. The molecule has 3 rings (SSSR count). The normalized spacial score (nSPS) is 10.6. The van der Waals surface area contributed by atoms with Gasteiger partial charge in [0.05, 0.1) is 32.7 Å². The minimum atomic E-state index is -0.0572. The van der Waals surface area contributed by atoms with Crippen molar-refractivity contribution in [2.75, 3.05) is 21.3 Å². The van der Waals surface area contributed by atoms with E-state index in [1.54, 1.807) is 35.0 Å². The van der Waals surface area contributed by atoms with Crippen molar-refractivity contribution in [2.45, 2.75) is 0 Å². The topological polar surface area (TPSA) is 86.0 Å². The molecule has 1 aromatic heterocycles. The molecule has 0 saturated carbocycles. The van der Waals surface area contributed by atoms with Crippen LogP contribution in [0.4, 0.5) is 0 Å². The first-order chi connectivity index (χ1) is 12.5. The molecule has 136 valence electrons. The quantitative estimate of drug-likeness (QED) is 0.730. The van der Waals surface area contributed by atoms with Crippen LogP contribution in [0, 0.1) is 0 Å². The van der Waals surface area contributed by atoms with E-state index in [0.29, 0.717) is 22.9 Å². The molecule has 2 N–H and O–H groups in total. The number of ether oxygens (including phenoxy) is 3. The van der Waals surface area contributed by atoms with Crippen LogP contribution in [0.25, 0.3) is 22.5 Å². The summed E-state index contributed by atoms with van der Waals surface area (Å²) in [5, 5.41) is 24.4. The number of hydrogen-bond donors (Lipinski definition) is 2. The van der Waals surface area contributed by atoms with E-state index in [2.05, 4.69) is 5.10 Å². The van der Waals surface area contributed by atoms with Gasteiger partial charge in [0.25, 0.3) is 0 Å². The second-order valence-electron chi connectivity index (χ2n) is 5.65. The number of hydrogen-bond acceptors (Lipinski definition) is 6. The van der Waals surface area contributed by atoms with E-state index in [9.17, 15) is 10.2 Å². The van der Waals surface area contributed by atoms with Gasteiger partial charge in [-0.3, -0.25) is 4.68 Å². The Labute approximate surface area is 151 Å². The number of phenolic OH excluding ortho intramolecular Hbond substituents is 2. The van der Waals surface area contributed by atoms with E-state index in [-0.39, 0.29) is 11.5 Å². The van der Waals surface area contributed by atoms with Crippen LogP contribution in [0.1, 0.15) is 0 Å². The molecule has 2 aromatic carbocycles. The lowest BCUT2D eigenvalue weighted by Crippen LogP contribution is -1.95. The van der Waals surface area contributed by atoms with Gasteiger partial charge in [0.2, 0.25) is 5.75 Å². The molecule has 1 heterocycles. The summed E-state index contributed by atoms with van der Waals surface area (Å²) in [7, 11) is 6.28. The number of aryl methyl sites for hydroxylation is 1. The zero-order valence-electron chi connectivity index (χ0n) is 15.0. The van der Waals surface area contributed by atoms with E-state index in [1.165, 1.54) is 21.3 Å². The number of phenols is 2. The molecule has 0 fully saturated rings. The summed E-state index contributed by atoms with van der Waals surface area (Å²) < 4.78 is 17.3.